The topological polar surface area (TPSA) is 97.4 Å². The number of benzene rings is 1. The van der Waals surface area contributed by atoms with Crippen LogP contribution in [0, 0.1) is 23.2 Å². The van der Waals surface area contributed by atoms with Gasteiger partial charge in [0.25, 0.3) is 5.76 Å². The summed E-state index contributed by atoms with van der Waals surface area (Å²) in [5, 5.41) is -0.119. The molecule has 0 bridgehead atoms. The lowest BCUT2D eigenvalue weighted by atomic mass is 9.63. The van der Waals surface area contributed by atoms with Gasteiger partial charge in [0.2, 0.25) is 0 Å². The highest BCUT2D eigenvalue weighted by molar-refractivity contribution is 6.74. The van der Waals surface area contributed by atoms with Crippen LogP contribution in [0.25, 0.3) is 0 Å². The highest BCUT2D eigenvalue weighted by Crippen LogP contribution is 2.54. The van der Waals surface area contributed by atoms with Gasteiger partial charge in [-0.05, 0) is 70.2 Å². The molecule has 1 aromatic rings. The van der Waals surface area contributed by atoms with Crippen LogP contribution in [-0.2, 0) is 44.4 Å². The fourth-order valence-corrected chi connectivity index (χ4v) is 6.72. The summed E-state index contributed by atoms with van der Waals surface area (Å²) in [5.74, 6) is -3.02. The van der Waals surface area contributed by atoms with Gasteiger partial charge < -0.3 is 23.4 Å². The molecule has 1 saturated carbocycles. The van der Waals surface area contributed by atoms with E-state index in [0.717, 1.165) is 5.56 Å². The normalized spacial score (nSPS) is 25.3. The molecule has 5 atom stereocenters. The van der Waals surface area contributed by atoms with Gasteiger partial charge in [0, 0.05) is 5.92 Å². The molecular formula is C34H50O8Si. The Morgan fingerprint density at radius 2 is 1.77 bits per heavy atom. The molecule has 0 aromatic heterocycles. The smallest absolute Gasteiger partial charge is 0.379 e. The van der Waals surface area contributed by atoms with E-state index in [4.69, 9.17) is 23.4 Å². The van der Waals surface area contributed by atoms with Crippen LogP contribution < -0.4 is 0 Å². The molecule has 1 aliphatic carbocycles. The van der Waals surface area contributed by atoms with Crippen molar-refractivity contribution in [2.24, 2.45) is 23.2 Å². The molecule has 3 rings (SSSR count). The molecule has 0 amide bonds. The first kappa shape index (κ1) is 34.6. The first-order valence-electron chi connectivity index (χ1n) is 15.2. The maximum absolute atomic E-state index is 13.7. The molecule has 1 heterocycles. The second-order valence-electron chi connectivity index (χ2n) is 14.3. The van der Waals surface area contributed by atoms with E-state index < -0.39 is 49.2 Å². The van der Waals surface area contributed by atoms with Gasteiger partial charge in [0.15, 0.2) is 19.7 Å². The van der Waals surface area contributed by atoms with Crippen LogP contribution in [0.5, 0.6) is 0 Å². The molecule has 8 nitrogen and oxygen atoms in total. The first-order chi connectivity index (χ1) is 19.9. The number of hydrogen-bond acceptors (Lipinski definition) is 8. The van der Waals surface area contributed by atoms with Gasteiger partial charge in [-0.15, -0.1) is 6.58 Å². The van der Waals surface area contributed by atoms with E-state index in [2.05, 4.69) is 40.4 Å². The van der Waals surface area contributed by atoms with Crippen LogP contribution in [0.1, 0.15) is 73.8 Å². The van der Waals surface area contributed by atoms with Gasteiger partial charge >= 0.3 is 17.9 Å². The van der Waals surface area contributed by atoms with Crippen molar-refractivity contribution in [1.82, 2.24) is 0 Å². The van der Waals surface area contributed by atoms with E-state index in [1.807, 2.05) is 37.3 Å². The third-order valence-corrected chi connectivity index (χ3v) is 13.4. The van der Waals surface area contributed by atoms with E-state index >= 15 is 0 Å². The summed E-state index contributed by atoms with van der Waals surface area (Å²) >= 11 is 0. The van der Waals surface area contributed by atoms with Crippen LogP contribution >= 0.6 is 0 Å². The second-order valence-corrected chi connectivity index (χ2v) is 19.1. The highest BCUT2D eigenvalue weighted by atomic mass is 28.4. The molecule has 238 valence electrons. The lowest BCUT2D eigenvalue weighted by molar-refractivity contribution is -0.176. The lowest BCUT2D eigenvalue weighted by Gasteiger charge is -2.50. The predicted octanol–water partition coefficient (Wildman–Crippen LogP) is 7.10. The van der Waals surface area contributed by atoms with E-state index in [1.165, 1.54) is 0 Å². The van der Waals surface area contributed by atoms with E-state index in [0.29, 0.717) is 6.42 Å². The first-order valence-corrected chi connectivity index (χ1v) is 18.1. The van der Waals surface area contributed by atoms with Crippen LogP contribution in [0.3, 0.4) is 0 Å². The fraction of sp³-hybridized carbons (Fsp3) is 0.618. The molecule has 43 heavy (non-hydrogen) atoms. The molecule has 1 aliphatic heterocycles. The van der Waals surface area contributed by atoms with E-state index in [9.17, 15) is 14.4 Å². The van der Waals surface area contributed by atoms with Gasteiger partial charge in [-0.2, -0.15) is 0 Å². The SMILES string of the molecule is C=CC(O[Si](C)(C)C(C)(C)C)[C@@H]1C[C@@H](C(=O)OCC)[C@H](C)C[C@]12OC(=O)C(OC(=O)C(C)(C)C)=C2OCc1ccccc1. The monoisotopic (exact) mass is 614 g/mol. The highest BCUT2D eigenvalue weighted by Gasteiger charge is 2.63. The number of rotatable bonds is 10. The van der Waals surface area contributed by atoms with Crippen molar-refractivity contribution in [2.75, 3.05) is 6.61 Å². The Bertz CT molecular complexity index is 1220. The molecule has 1 spiro atoms. The third-order valence-electron chi connectivity index (χ3n) is 8.96. The van der Waals surface area contributed by atoms with Crippen molar-refractivity contribution in [3.05, 3.63) is 60.1 Å². The van der Waals surface area contributed by atoms with Crippen molar-refractivity contribution in [3.8, 4) is 0 Å². The number of hydrogen-bond donors (Lipinski definition) is 0. The minimum atomic E-state index is -2.37. The van der Waals surface area contributed by atoms with Gasteiger partial charge in [0.05, 0.1) is 24.0 Å². The number of esters is 3. The molecule has 0 saturated heterocycles. The fourth-order valence-electron chi connectivity index (χ4n) is 5.43. The largest absolute Gasteiger partial charge is 0.485 e. The maximum Gasteiger partial charge on any atom is 0.379 e. The van der Waals surface area contributed by atoms with Crippen molar-refractivity contribution in [2.45, 2.75) is 105 Å². The van der Waals surface area contributed by atoms with Gasteiger partial charge in [-0.3, -0.25) is 9.59 Å². The second kappa shape index (κ2) is 13.0. The van der Waals surface area contributed by atoms with Gasteiger partial charge in [-0.25, -0.2) is 4.79 Å². The summed E-state index contributed by atoms with van der Waals surface area (Å²) in [6, 6.07) is 9.53. The van der Waals surface area contributed by atoms with Crippen LogP contribution in [0.15, 0.2) is 54.5 Å². The Morgan fingerprint density at radius 3 is 2.30 bits per heavy atom. The van der Waals surface area contributed by atoms with Crippen molar-refractivity contribution < 1.29 is 37.8 Å². The molecule has 1 aromatic carbocycles. The number of ether oxygens (including phenoxy) is 4. The summed E-state index contributed by atoms with van der Waals surface area (Å²) in [4.78, 5) is 39.9. The van der Waals surface area contributed by atoms with Crippen molar-refractivity contribution in [3.63, 3.8) is 0 Å². The Morgan fingerprint density at radius 1 is 1.14 bits per heavy atom. The van der Waals surface area contributed by atoms with Crippen LogP contribution in [0.4, 0.5) is 0 Å². The average molecular weight is 615 g/mol. The Hall–Kier alpha value is -2.91. The molecule has 0 radical (unpaired) electrons. The Balaban J connectivity index is 2.21. The summed E-state index contributed by atoms with van der Waals surface area (Å²) in [5.41, 5.74) is -1.37. The molecular weight excluding hydrogens is 564 g/mol. The van der Waals surface area contributed by atoms with Crippen molar-refractivity contribution >= 4 is 26.2 Å². The standard InChI is InChI=1S/C34H50O8Si/c1-12-26(42-43(10,11)33(7,8)9)25-19-24(29(35)38-13-2)22(3)20-34(25)28(39-21-23-17-15-14-16-18-23)27(30(36)41-34)40-31(37)32(4,5)6/h12,14-18,22,24-26H,1,13,19-21H2,2-11H3/t22-,24-,25+,26?,34+/m1/s1. The number of carbonyl (C=O) groups excluding carboxylic acids is 3. The zero-order valence-electron chi connectivity index (χ0n) is 27.6. The molecule has 1 fully saturated rings. The van der Waals surface area contributed by atoms with Crippen LogP contribution in [0.2, 0.25) is 18.1 Å². The quantitative estimate of drug-likeness (QED) is 0.119. The van der Waals surface area contributed by atoms with Gasteiger partial charge in [-0.1, -0.05) is 64.1 Å². The predicted molar refractivity (Wildman–Crippen MR) is 167 cm³/mol. The van der Waals surface area contributed by atoms with E-state index in [1.54, 1.807) is 33.8 Å². The summed E-state index contributed by atoms with van der Waals surface area (Å²) < 4.78 is 30.9. The summed E-state index contributed by atoms with van der Waals surface area (Å²) in [7, 11) is -2.37. The lowest BCUT2D eigenvalue weighted by Crippen LogP contribution is -2.56. The number of carbonyl (C=O) groups is 3. The molecule has 1 unspecified atom stereocenters. The van der Waals surface area contributed by atoms with Gasteiger partial charge in [0.1, 0.15) is 6.61 Å². The molecule has 0 N–H and O–H groups in total. The third kappa shape index (κ3) is 7.43. The zero-order valence-corrected chi connectivity index (χ0v) is 28.6. The Kier molecular flexibility index (Phi) is 10.4. The molecule has 9 heteroatoms. The van der Waals surface area contributed by atoms with Crippen LogP contribution in [-0.4, -0.2) is 44.5 Å². The van der Waals surface area contributed by atoms with Crippen molar-refractivity contribution in [1.29, 1.82) is 0 Å². The average Bonchev–Trinajstić information content (AvgIpc) is 3.15. The van der Waals surface area contributed by atoms with E-state index in [-0.39, 0.29) is 48.1 Å². The minimum Gasteiger partial charge on any atom is -0.485 e. The summed E-state index contributed by atoms with van der Waals surface area (Å²) in [6.07, 6.45) is 1.69. The Labute approximate surface area is 258 Å². The zero-order chi connectivity index (χ0) is 32.4. The maximum atomic E-state index is 13.7. The minimum absolute atomic E-state index is 0.119. The molecule has 2 aliphatic rings. The summed E-state index contributed by atoms with van der Waals surface area (Å²) in [6.45, 7) is 24.1.